The number of nitrogens with zero attached hydrogens (tertiary/aromatic N) is 3. The van der Waals surface area contributed by atoms with Gasteiger partial charge in [0.15, 0.2) is 17.5 Å². The maximum absolute atomic E-state index is 6.74. The molecule has 0 atom stereocenters. The van der Waals surface area contributed by atoms with E-state index in [1.807, 2.05) is 18.2 Å². The second-order valence-electron chi connectivity index (χ2n) is 14.0. The number of benzene rings is 9. The number of hydrogen-bond donors (Lipinski definition) is 0. The van der Waals surface area contributed by atoms with Crippen molar-refractivity contribution in [2.75, 3.05) is 0 Å². The Balaban J connectivity index is 1.12. The molecule has 0 aliphatic rings. The summed E-state index contributed by atoms with van der Waals surface area (Å²) in [6.45, 7) is 0. The summed E-state index contributed by atoms with van der Waals surface area (Å²) in [5, 5.41) is 9.19. The third-order valence-electron chi connectivity index (χ3n) is 10.7. The van der Waals surface area contributed by atoms with Crippen molar-refractivity contribution in [3.63, 3.8) is 0 Å². The second-order valence-corrected chi connectivity index (χ2v) is 14.0. The van der Waals surface area contributed by atoms with Crippen molar-refractivity contribution in [3.05, 3.63) is 188 Å². The fourth-order valence-corrected chi connectivity index (χ4v) is 7.95. The molecule has 0 unspecified atom stereocenters. The molecule has 0 bridgehead atoms. The van der Waals surface area contributed by atoms with E-state index in [-0.39, 0.29) is 0 Å². The Labute approximate surface area is 317 Å². The second kappa shape index (κ2) is 12.6. The lowest BCUT2D eigenvalue weighted by atomic mass is 9.95. The lowest BCUT2D eigenvalue weighted by Crippen LogP contribution is -2.00. The highest BCUT2D eigenvalue weighted by atomic mass is 16.3. The molecule has 0 spiro atoms. The van der Waals surface area contributed by atoms with E-state index in [0.717, 1.165) is 66.3 Å². The summed E-state index contributed by atoms with van der Waals surface area (Å²) in [6, 6.07) is 65.8. The number of rotatable bonds is 5. The van der Waals surface area contributed by atoms with E-state index in [1.54, 1.807) is 0 Å². The summed E-state index contributed by atoms with van der Waals surface area (Å²) < 4.78 is 6.74. The Morgan fingerprint density at radius 1 is 0.309 bits per heavy atom. The van der Waals surface area contributed by atoms with Crippen LogP contribution >= 0.6 is 0 Å². The first-order chi connectivity index (χ1) is 27.2. The van der Waals surface area contributed by atoms with Crippen molar-refractivity contribution in [2.24, 2.45) is 0 Å². The molecular weight excluding hydrogens is 671 g/mol. The van der Waals surface area contributed by atoms with Crippen LogP contribution < -0.4 is 0 Å². The van der Waals surface area contributed by atoms with Crippen molar-refractivity contribution in [2.45, 2.75) is 0 Å². The van der Waals surface area contributed by atoms with Crippen LogP contribution in [0.25, 0.3) is 111 Å². The van der Waals surface area contributed by atoms with E-state index in [2.05, 4.69) is 170 Å². The quantitative estimate of drug-likeness (QED) is 0.168. The molecule has 11 aromatic rings. The van der Waals surface area contributed by atoms with Crippen molar-refractivity contribution < 1.29 is 4.42 Å². The Kier molecular flexibility index (Phi) is 7.14. The first kappa shape index (κ1) is 31.1. The SMILES string of the molecule is c1ccc(-c2ccc(-c3nc(-c4ccc5ccccc5c4)nc(-c4ccc(-c5ccc6c(ccc7ccccc76)c5)c5oc6ccccc6c45)n3)cc2)cc1. The molecule has 4 nitrogen and oxygen atoms in total. The van der Waals surface area contributed by atoms with Crippen LogP contribution in [0, 0.1) is 0 Å². The largest absolute Gasteiger partial charge is 0.455 e. The van der Waals surface area contributed by atoms with Crippen LogP contribution in [0.3, 0.4) is 0 Å². The molecule has 0 saturated heterocycles. The van der Waals surface area contributed by atoms with Gasteiger partial charge in [-0.25, -0.2) is 15.0 Å². The highest BCUT2D eigenvalue weighted by Gasteiger charge is 2.21. The van der Waals surface area contributed by atoms with Gasteiger partial charge in [0.1, 0.15) is 11.2 Å². The highest BCUT2D eigenvalue weighted by molar-refractivity contribution is 6.16. The molecule has 4 heteroatoms. The molecule has 0 saturated carbocycles. The summed E-state index contributed by atoms with van der Waals surface area (Å²) in [4.78, 5) is 15.5. The van der Waals surface area contributed by atoms with Gasteiger partial charge >= 0.3 is 0 Å². The summed E-state index contributed by atoms with van der Waals surface area (Å²) in [5.74, 6) is 1.82. The van der Waals surface area contributed by atoms with Gasteiger partial charge in [0.05, 0.1) is 0 Å². The summed E-state index contributed by atoms with van der Waals surface area (Å²) in [7, 11) is 0. The van der Waals surface area contributed by atoms with E-state index in [4.69, 9.17) is 19.4 Å². The first-order valence-electron chi connectivity index (χ1n) is 18.5. The van der Waals surface area contributed by atoms with Crippen LogP contribution in [-0.2, 0) is 0 Å². The lowest BCUT2D eigenvalue weighted by Gasteiger charge is -2.12. The summed E-state index contributed by atoms with van der Waals surface area (Å²) in [6.07, 6.45) is 0. The topological polar surface area (TPSA) is 51.8 Å². The standard InChI is InChI=1S/C51H31N3O/c1-2-10-32(11-3-1)34-18-22-36(23-19-34)49-52-50(40-25-20-33-12-4-5-14-37(33)30-40)54-51(53-49)45-29-28-43(48-47(45)44-16-8-9-17-46(44)55-48)39-26-27-42-38(31-39)24-21-35-13-6-7-15-41(35)42/h1-31H. The molecule has 55 heavy (non-hydrogen) atoms. The average Bonchev–Trinajstić information content (AvgIpc) is 3.66. The predicted octanol–water partition coefficient (Wildman–Crippen LogP) is 13.6. The van der Waals surface area contributed by atoms with Gasteiger partial charge in [-0.3, -0.25) is 0 Å². The molecule has 0 N–H and O–H groups in total. The molecule has 0 radical (unpaired) electrons. The molecule has 256 valence electrons. The molecule has 2 aromatic heterocycles. The zero-order chi connectivity index (χ0) is 36.3. The van der Waals surface area contributed by atoms with Crippen molar-refractivity contribution in [1.29, 1.82) is 0 Å². The minimum Gasteiger partial charge on any atom is -0.455 e. The van der Waals surface area contributed by atoms with Crippen LogP contribution in [-0.4, -0.2) is 15.0 Å². The lowest BCUT2D eigenvalue weighted by molar-refractivity contribution is 0.670. The molecule has 2 heterocycles. The van der Waals surface area contributed by atoms with Gasteiger partial charge in [-0.15, -0.1) is 0 Å². The Morgan fingerprint density at radius 3 is 1.71 bits per heavy atom. The number of furan rings is 1. The maximum Gasteiger partial charge on any atom is 0.164 e. The van der Waals surface area contributed by atoms with Crippen LogP contribution in [0.15, 0.2) is 192 Å². The number of aromatic nitrogens is 3. The normalized spacial score (nSPS) is 11.6. The molecule has 0 aliphatic carbocycles. The monoisotopic (exact) mass is 701 g/mol. The van der Waals surface area contributed by atoms with Crippen LogP contribution in [0.1, 0.15) is 0 Å². The average molecular weight is 702 g/mol. The molecule has 9 aromatic carbocycles. The zero-order valence-electron chi connectivity index (χ0n) is 29.6. The molecule has 0 amide bonds. The Hall–Kier alpha value is -7.43. The fraction of sp³-hybridized carbons (Fsp3) is 0. The van der Waals surface area contributed by atoms with Gasteiger partial charge in [-0.1, -0.05) is 158 Å². The van der Waals surface area contributed by atoms with Gasteiger partial charge in [0, 0.05) is 33.0 Å². The summed E-state index contributed by atoms with van der Waals surface area (Å²) >= 11 is 0. The Bertz CT molecular complexity index is 3260. The highest BCUT2D eigenvalue weighted by Crippen LogP contribution is 2.42. The van der Waals surface area contributed by atoms with Crippen LogP contribution in [0.4, 0.5) is 0 Å². The third-order valence-corrected chi connectivity index (χ3v) is 10.7. The van der Waals surface area contributed by atoms with E-state index in [1.165, 1.54) is 26.9 Å². The smallest absolute Gasteiger partial charge is 0.164 e. The molecule has 0 aliphatic heterocycles. The minimum atomic E-state index is 0.591. The van der Waals surface area contributed by atoms with Crippen molar-refractivity contribution in [1.82, 2.24) is 15.0 Å². The van der Waals surface area contributed by atoms with Crippen molar-refractivity contribution >= 4 is 54.3 Å². The van der Waals surface area contributed by atoms with E-state index in [9.17, 15) is 0 Å². The number of fused-ring (bicyclic) bond motifs is 7. The van der Waals surface area contributed by atoms with E-state index >= 15 is 0 Å². The number of hydrogen-bond acceptors (Lipinski definition) is 4. The van der Waals surface area contributed by atoms with Gasteiger partial charge in [-0.2, -0.15) is 0 Å². The van der Waals surface area contributed by atoms with Gasteiger partial charge in [0.2, 0.25) is 0 Å². The third kappa shape index (κ3) is 5.34. The minimum absolute atomic E-state index is 0.591. The van der Waals surface area contributed by atoms with E-state index < -0.39 is 0 Å². The van der Waals surface area contributed by atoms with Gasteiger partial charge in [0.25, 0.3) is 0 Å². The van der Waals surface area contributed by atoms with Crippen molar-refractivity contribution in [3.8, 4) is 56.4 Å². The van der Waals surface area contributed by atoms with E-state index in [0.29, 0.717) is 17.5 Å². The molecular formula is C51H31N3O. The van der Waals surface area contributed by atoms with Crippen LogP contribution in [0.2, 0.25) is 0 Å². The van der Waals surface area contributed by atoms with Gasteiger partial charge in [-0.05, 0) is 79.3 Å². The van der Waals surface area contributed by atoms with Crippen LogP contribution in [0.5, 0.6) is 0 Å². The maximum atomic E-state index is 6.74. The zero-order valence-corrected chi connectivity index (χ0v) is 29.6. The van der Waals surface area contributed by atoms with Gasteiger partial charge < -0.3 is 4.42 Å². The Morgan fingerprint density at radius 2 is 0.855 bits per heavy atom. The molecule has 11 rings (SSSR count). The first-order valence-corrected chi connectivity index (χ1v) is 18.5. The summed E-state index contributed by atoms with van der Waals surface area (Å²) in [5.41, 5.74) is 8.77. The fourth-order valence-electron chi connectivity index (χ4n) is 7.95. The number of para-hydroxylation sites is 1. The predicted molar refractivity (Wildman–Crippen MR) is 227 cm³/mol. The molecule has 0 fully saturated rings.